The Balaban J connectivity index is 2.37. The Morgan fingerprint density at radius 1 is 1.33 bits per heavy atom. The van der Waals surface area contributed by atoms with Gasteiger partial charge in [0.25, 0.3) is 0 Å². The number of nitrogens with one attached hydrogen (secondary N) is 2. The van der Waals surface area contributed by atoms with Crippen molar-refractivity contribution in [3.05, 3.63) is 11.8 Å². The lowest BCUT2D eigenvalue weighted by atomic mass is 10.3. The Morgan fingerprint density at radius 3 is 2.67 bits per heavy atom. The molecule has 0 aliphatic carbocycles. The third-order valence-corrected chi connectivity index (χ3v) is 2.95. The summed E-state index contributed by atoms with van der Waals surface area (Å²) >= 11 is 0. The summed E-state index contributed by atoms with van der Waals surface area (Å²) < 4.78 is 0. The first-order valence-electron chi connectivity index (χ1n) is 6.50. The summed E-state index contributed by atoms with van der Waals surface area (Å²) in [5.74, 6) is 1.55. The van der Waals surface area contributed by atoms with E-state index < -0.39 is 0 Å². The predicted molar refractivity (Wildman–Crippen MR) is 77.2 cm³/mol. The fourth-order valence-electron chi connectivity index (χ4n) is 1.57. The van der Waals surface area contributed by atoms with Gasteiger partial charge in [0.2, 0.25) is 5.95 Å². The van der Waals surface area contributed by atoms with Gasteiger partial charge in [0, 0.05) is 31.4 Å². The van der Waals surface area contributed by atoms with Crippen molar-refractivity contribution in [1.82, 2.24) is 14.9 Å². The van der Waals surface area contributed by atoms with Gasteiger partial charge in [-0.2, -0.15) is 4.98 Å². The highest BCUT2D eigenvalue weighted by atomic mass is 15.1. The molecule has 1 aromatic rings. The molecule has 0 saturated carbocycles. The van der Waals surface area contributed by atoms with Crippen molar-refractivity contribution in [2.24, 2.45) is 0 Å². The third kappa shape index (κ3) is 4.87. The minimum atomic E-state index is 0.599. The minimum absolute atomic E-state index is 0.599. The van der Waals surface area contributed by atoms with E-state index in [9.17, 15) is 0 Å². The highest BCUT2D eigenvalue weighted by Gasteiger charge is 2.03. The standard InChI is InChI=1S/C13H25N5/c1-10(2)18(5)8-6-7-15-12-9-11(3)16-13(14-4)17-12/h9-10H,6-8H2,1-5H3,(H2,14,15,16,17). The van der Waals surface area contributed by atoms with E-state index in [2.05, 4.69) is 46.4 Å². The second-order valence-electron chi connectivity index (χ2n) is 4.82. The van der Waals surface area contributed by atoms with Crippen LogP contribution >= 0.6 is 0 Å². The van der Waals surface area contributed by atoms with Crippen LogP contribution in [-0.2, 0) is 0 Å². The first kappa shape index (κ1) is 14.7. The Kier molecular flexibility index (Phi) is 5.85. The van der Waals surface area contributed by atoms with Crippen LogP contribution in [0.4, 0.5) is 11.8 Å². The van der Waals surface area contributed by atoms with Gasteiger partial charge in [-0.15, -0.1) is 0 Å². The molecule has 0 saturated heterocycles. The van der Waals surface area contributed by atoms with Crippen LogP contribution in [0.25, 0.3) is 0 Å². The van der Waals surface area contributed by atoms with E-state index in [0.29, 0.717) is 12.0 Å². The third-order valence-electron chi connectivity index (χ3n) is 2.95. The van der Waals surface area contributed by atoms with Gasteiger partial charge in [-0.3, -0.25) is 0 Å². The maximum atomic E-state index is 4.36. The fourth-order valence-corrected chi connectivity index (χ4v) is 1.57. The summed E-state index contributed by atoms with van der Waals surface area (Å²) in [5.41, 5.74) is 0.969. The molecule has 1 rings (SSSR count). The Bertz CT molecular complexity index is 364. The number of hydrogen-bond acceptors (Lipinski definition) is 5. The van der Waals surface area contributed by atoms with E-state index in [1.807, 2.05) is 20.0 Å². The average molecular weight is 251 g/mol. The lowest BCUT2D eigenvalue weighted by Crippen LogP contribution is -2.28. The molecule has 0 aliphatic heterocycles. The average Bonchev–Trinajstić information content (AvgIpc) is 2.33. The first-order chi connectivity index (χ1) is 8.52. The van der Waals surface area contributed by atoms with Gasteiger partial charge >= 0.3 is 0 Å². The summed E-state index contributed by atoms with van der Waals surface area (Å²) in [6, 6.07) is 2.56. The van der Waals surface area contributed by atoms with Gasteiger partial charge in [-0.25, -0.2) is 4.98 Å². The van der Waals surface area contributed by atoms with Crippen LogP contribution in [0.5, 0.6) is 0 Å². The van der Waals surface area contributed by atoms with E-state index in [4.69, 9.17) is 0 Å². The van der Waals surface area contributed by atoms with Gasteiger partial charge < -0.3 is 15.5 Å². The summed E-state index contributed by atoms with van der Waals surface area (Å²) in [6.07, 6.45) is 1.10. The fraction of sp³-hybridized carbons (Fsp3) is 0.692. The van der Waals surface area contributed by atoms with Crippen LogP contribution in [0.2, 0.25) is 0 Å². The van der Waals surface area contributed by atoms with Crippen molar-refractivity contribution in [3.63, 3.8) is 0 Å². The van der Waals surface area contributed by atoms with Crippen molar-refractivity contribution in [1.29, 1.82) is 0 Å². The molecule has 0 bridgehead atoms. The molecule has 0 atom stereocenters. The number of aryl methyl sites for hydroxylation is 1. The quantitative estimate of drug-likeness (QED) is 0.726. The lowest BCUT2D eigenvalue weighted by Gasteiger charge is -2.20. The highest BCUT2D eigenvalue weighted by molar-refractivity contribution is 5.41. The smallest absolute Gasteiger partial charge is 0.224 e. The molecular formula is C13H25N5. The van der Waals surface area contributed by atoms with Gasteiger partial charge in [-0.1, -0.05) is 0 Å². The van der Waals surface area contributed by atoms with Crippen molar-refractivity contribution >= 4 is 11.8 Å². The van der Waals surface area contributed by atoms with E-state index >= 15 is 0 Å². The molecule has 0 radical (unpaired) electrons. The van der Waals surface area contributed by atoms with E-state index in [1.54, 1.807) is 0 Å². The monoisotopic (exact) mass is 251 g/mol. The molecule has 5 nitrogen and oxygen atoms in total. The van der Waals surface area contributed by atoms with Crippen LogP contribution in [0, 0.1) is 6.92 Å². The SMILES string of the molecule is CNc1nc(C)cc(NCCCN(C)C(C)C)n1. The molecule has 0 aromatic carbocycles. The molecule has 0 amide bonds. The first-order valence-corrected chi connectivity index (χ1v) is 6.50. The van der Waals surface area contributed by atoms with Crippen LogP contribution < -0.4 is 10.6 Å². The Morgan fingerprint density at radius 2 is 2.06 bits per heavy atom. The second-order valence-corrected chi connectivity index (χ2v) is 4.82. The van der Waals surface area contributed by atoms with Crippen molar-refractivity contribution in [3.8, 4) is 0 Å². The zero-order chi connectivity index (χ0) is 13.5. The largest absolute Gasteiger partial charge is 0.370 e. The molecule has 5 heteroatoms. The summed E-state index contributed by atoms with van der Waals surface area (Å²) in [7, 11) is 3.98. The van der Waals surface area contributed by atoms with E-state index in [-0.39, 0.29) is 0 Å². The van der Waals surface area contributed by atoms with Gasteiger partial charge in [0.05, 0.1) is 0 Å². The maximum Gasteiger partial charge on any atom is 0.224 e. The van der Waals surface area contributed by atoms with Crippen molar-refractivity contribution in [2.45, 2.75) is 33.2 Å². The van der Waals surface area contributed by atoms with Crippen LogP contribution in [0.1, 0.15) is 26.0 Å². The van der Waals surface area contributed by atoms with Gasteiger partial charge in [0.15, 0.2) is 0 Å². The number of aromatic nitrogens is 2. The molecule has 102 valence electrons. The van der Waals surface area contributed by atoms with E-state index in [1.165, 1.54) is 0 Å². The number of hydrogen-bond donors (Lipinski definition) is 2. The molecular weight excluding hydrogens is 226 g/mol. The molecule has 1 aromatic heterocycles. The second kappa shape index (κ2) is 7.16. The zero-order valence-corrected chi connectivity index (χ0v) is 12.1. The Labute approximate surface area is 110 Å². The molecule has 0 spiro atoms. The summed E-state index contributed by atoms with van der Waals surface area (Å²) in [5, 5.41) is 6.30. The highest BCUT2D eigenvalue weighted by Crippen LogP contribution is 2.08. The number of anilines is 2. The van der Waals surface area contributed by atoms with Crippen LogP contribution in [0.15, 0.2) is 6.07 Å². The van der Waals surface area contributed by atoms with Crippen molar-refractivity contribution in [2.75, 3.05) is 37.8 Å². The van der Waals surface area contributed by atoms with Crippen LogP contribution in [0.3, 0.4) is 0 Å². The van der Waals surface area contributed by atoms with Gasteiger partial charge in [0.1, 0.15) is 5.82 Å². The lowest BCUT2D eigenvalue weighted by molar-refractivity contribution is 0.273. The molecule has 0 aliphatic rings. The molecule has 2 N–H and O–H groups in total. The molecule has 18 heavy (non-hydrogen) atoms. The molecule has 1 heterocycles. The summed E-state index contributed by atoms with van der Waals surface area (Å²) in [6.45, 7) is 8.41. The molecule has 0 fully saturated rings. The normalized spacial score (nSPS) is 11.1. The maximum absolute atomic E-state index is 4.36. The van der Waals surface area contributed by atoms with E-state index in [0.717, 1.165) is 31.0 Å². The number of nitrogens with zero attached hydrogens (tertiary/aromatic N) is 3. The predicted octanol–water partition coefficient (Wildman–Crippen LogP) is 1.97. The summed E-state index contributed by atoms with van der Waals surface area (Å²) in [4.78, 5) is 11.0. The Hall–Kier alpha value is -1.36. The minimum Gasteiger partial charge on any atom is -0.370 e. The van der Waals surface area contributed by atoms with Crippen LogP contribution in [-0.4, -0.2) is 48.1 Å². The topological polar surface area (TPSA) is 53.1 Å². The zero-order valence-electron chi connectivity index (χ0n) is 12.1. The molecule has 0 unspecified atom stereocenters. The van der Waals surface area contributed by atoms with Crippen molar-refractivity contribution < 1.29 is 0 Å². The van der Waals surface area contributed by atoms with Gasteiger partial charge in [-0.05, 0) is 40.8 Å². The number of rotatable bonds is 7.